The molecule has 2 saturated heterocycles. The minimum absolute atomic E-state index is 0.169. The Hall–Kier alpha value is -0.610. The maximum atomic E-state index is 12.4. The first-order valence-electron chi connectivity index (χ1n) is 6.86. The number of piperidine rings is 1. The van der Waals surface area contributed by atoms with Gasteiger partial charge in [-0.15, -0.1) is 0 Å². The van der Waals surface area contributed by atoms with Crippen molar-refractivity contribution in [3.05, 3.63) is 0 Å². The van der Waals surface area contributed by atoms with Crippen molar-refractivity contribution in [2.45, 2.75) is 50.7 Å². The van der Waals surface area contributed by atoms with Crippen LogP contribution in [-0.2, 0) is 14.3 Å². The summed E-state index contributed by atoms with van der Waals surface area (Å²) in [6.07, 6.45) is 6.85. The van der Waals surface area contributed by atoms with Crippen molar-refractivity contribution in [1.82, 2.24) is 4.90 Å². The molecule has 0 spiro atoms. The second kappa shape index (κ2) is 4.94. The Bertz CT molecular complexity index is 288. The number of carbonyl (C=O) groups excluding carboxylic acids is 1. The van der Waals surface area contributed by atoms with Gasteiger partial charge in [0.15, 0.2) is 0 Å². The average molecular weight is 239 g/mol. The molecule has 0 bridgehead atoms. The first kappa shape index (κ1) is 11.5. The van der Waals surface area contributed by atoms with Crippen molar-refractivity contribution < 1.29 is 14.3 Å². The predicted molar refractivity (Wildman–Crippen MR) is 62.4 cm³/mol. The van der Waals surface area contributed by atoms with E-state index in [-0.39, 0.29) is 18.1 Å². The highest BCUT2D eigenvalue weighted by molar-refractivity contribution is 5.79. The molecule has 96 valence electrons. The standard InChI is InChI=1S/C13H21NO3/c15-13(14-6-2-1-3-7-14)10-4-5-11-12(8-10)17-9-16-11/h10-12H,1-9H2. The summed E-state index contributed by atoms with van der Waals surface area (Å²) in [6.45, 7) is 2.33. The van der Waals surface area contributed by atoms with E-state index < -0.39 is 0 Å². The molecule has 2 heterocycles. The zero-order valence-corrected chi connectivity index (χ0v) is 10.3. The quantitative estimate of drug-likeness (QED) is 0.696. The summed E-state index contributed by atoms with van der Waals surface area (Å²) in [5.74, 6) is 0.537. The van der Waals surface area contributed by atoms with Crippen LogP contribution in [0.1, 0.15) is 38.5 Å². The van der Waals surface area contributed by atoms with Crippen molar-refractivity contribution in [2.24, 2.45) is 5.92 Å². The number of fused-ring (bicyclic) bond motifs is 1. The first-order chi connectivity index (χ1) is 8.34. The highest BCUT2D eigenvalue weighted by Crippen LogP contribution is 2.33. The van der Waals surface area contributed by atoms with E-state index in [1.807, 2.05) is 0 Å². The molecule has 1 amide bonds. The molecule has 4 nitrogen and oxygen atoms in total. The third kappa shape index (κ3) is 2.33. The van der Waals surface area contributed by atoms with Gasteiger partial charge in [0.05, 0.1) is 12.2 Å². The minimum Gasteiger partial charge on any atom is -0.349 e. The van der Waals surface area contributed by atoms with Crippen LogP contribution in [-0.4, -0.2) is 42.9 Å². The molecule has 0 N–H and O–H groups in total. The lowest BCUT2D eigenvalue weighted by Crippen LogP contribution is -2.43. The van der Waals surface area contributed by atoms with Crippen molar-refractivity contribution in [3.63, 3.8) is 0 Å². The molecule has 3 rings (SSSR count). The summed E-state index contributed by atoms with van der Waals surface area (Å²) >= 11 is 0. The minimum atomic E-state index is 0.169. The van der Waals surface area contributed by atoms with Crippen LogP contribution in [0.15, 0.2) is 0 Å². The van der Waals surface area contributed by atoms with Crippen LogP contribution in [0.3, 0.4) is 0 Å². The number of rotatable bonds is 1. The lowest BCUT2D eigenvalue weighted by Gasteiger charge is -2.34. The molecule has 17 heavy (non-hydrogen) atoms. The van der Waals surface area contributed by atoms with Gasteiger partial charge in [0.2, 0.25) is 5.91 Å². The Morgan fingerprint density at radius 2 is 1.76 bits per heavy atom. The zero-order chi connectivity index (χ0) is 11.7. The van der Waals surface area contributed by atoms with E-state index in [1.54, 1.807) is 0 Å². The van der Waals surface area contributed by atoms with Crippen LogP contribution in [0.25, 0.3) is 0 Å². The summed E-state index contributed by atoms with van der Waals surface area (Å²) in [4.78, 5) is 14.4. The second-order valence-corrected chi connectivity index (χ2v) is 5.42. The van der Waals surface area contributed by atoms with Gasteiger partial charge >= 0.3 is 0 Å². The summed E-state index contributed by atoms with van der Waals surface area (Å²) in [5, 5.41) is 0. The highest BCUT2D eigenvalue weighted by Gasteiger charge is 2.39. The Labute approximate surface area is 102 Å². The van der Waals surface area contributed by atoms with E-state index in [0.29, 0.717) is 12.7 Å². The predicted octanol–water partition coefficient (Wildman–Crippen LogP) is 1.54. The first-order valence-corrected chi connectivity index (χ1v) is 6.86. The molecule has 2 aliphatic heterocycles. The highest BCUT2D eigenvalue weighted by atomic mass is 16.7. The molecular formula is C13H21NO3. The van der Waals surface area contributed by atoms with Gasteiger partial charge in [-0.25, -0.2) is 0 Å². The van der Waals surface area contributed by atoms with Crippen LogP contribution in [0, 0.1) is 5.92 Å². The fourth-order valence-corrected chi connectivity index (χ4v) is 3.28. The molecule has 0 aromatic heterocycles. The fourth-order valence-electron chi connectivity index (χ4n) is 3.28. The van der Waals surface area contributed by atoms with Gasteiger partial charge in [0, 0.05) is 19.0 Å². The fraction of sp³-hybridized carbons (Fsp3) is 0.923. The summed E-state index contributed by atoms with van der Waals surface area (Å²) < 4.78 is 11.0. The Morgan fingerprint density at radius 1 is 1.00 bits per heavy atom. The molecule has 3 aliphatic rings. The SMILES string of the molecule is O=C(C1CCC2OCOC2C1)N1CCCCC1. The van der Waals surface area contributed by atoms with Gasteiger partial charge < -0.3 is 14.4 Å². The lowest BCUT2D eigenvalue weighted by molar-refractivity contribution is -0.139. The third-order valence-corrected chi connectivity index (χ3v) is 4.31. The van der Waals surface area contributed by atoms with Crippen LogP contribution < -0.4 is 0 Å². The normalized spacial score (nSPS) is 37.9. The van der Waals surface area contributed by atoms with Gasteiger partial charge in [0.1, 0.15) is 6.79 Å². The summed E-state index contributed by atoms with van der Waals surface area (Å²) in [7, 11) is 0. The smallest absolute Gasteiger partial charge is 0.225 e. The topological polar surface area (TPSA) is 38.8 Å². The molecule has 3 unspecified atom stereocenters. The number of likely N-dealkylation sites (tertiary alicyclic amines) is 1. The van der Waals surface area contributed by atoms with Crippen LogP contribution >= 0.6 is 0 Å². The number of hydrogen-bond acceptors (Lipinski definition) is 3. The zero-order valence-electron chi connectivity index (χ0n) is 10.3. The van der Waals surface area contributed by atoms with Crippen molar-refractivity contribution >= 4 is 5.91 Å². The van der Waals surface area contributed by atoms with Crippen LogP contribution in [0.2, 0.25) is 0 Å². The van der Waals surface area contributed by atoms with E-state index >= 15 is 0 Å². The van der Waals surface area contributed by atoms with E-state index in [9.17, 15) is 4.79 Å². The largest absolute Gasteiger partial charge is 0.349 e. The van der Waals surface area contributed by atoms with Crippen molar-refractivity contribution in [3.8, 4) is 0 Å². The van der Waals surface area contributed by atoms with Gasteiger partial charge in [-0.1, -0.05) is 0 Å². The van der Waals surface area contributed by atoms with E-state index in [2.05, 4.69) is 4.90 Å². The van der Waals surface area contributed by atoms with E-state index in [1.165, 1.54) is 19.3 Å². The molecule has 0 aromatic rings. The summed E-state index contributed by atoms with van der Waals surface area (Å²) in [5.41, 5.74) is 0. The number of ether oxygens (including phenoxy) is 2. The lowest BCUT2D eigenvalue weighted by atomic mass is 9.84. The molecule has 1 saturated carbocycles. The number of carbonyl (C=O) groups is 1. The number of amides is 1. The molecular weight excluding hydrogens is 218 g/mol. The van der Waals surface area contributed by atoms with Gasteiger partial charge in [-0.3, -0.25) is 4.79 Å². The molecule has 3 fully saturated rings. The molecule has 0 aromatic carbocycles. The Balaban J connectivity index is 1.58. The summed E-state index contributed by atoms with van der Waals surface area (Å²) in [6, 6.07) is 0. The Morgan fingerprint density at radius 3 is 2.59 bits per heavy atom. The third-order valence-electron chi connectivity index (χ3n) is 4.31. The molecule has 0 radical (unpaired) electrons. The van der Waals surface area contributed by atoms with E-state index in [0.717, 1.165) is 32.4 Å². The van der Waals surface area contributed by atoms with Gasteiger partial charge in [0.25, 0.3) is 0 Å². The monoisotopic (exact) mass is 239 g/mol. The number of hydrogen-bond donors (Lipinski definition) is 0. The molecule has 3 atom stereocenters. The van der Waals surface area contributed by atoms with Crippen LogP contribution in [0.4, 0.5) is 0 Å². The van der Waals surface area contributed by atoms with Crippen LogP contribution in [0.5, 0.6) is 0 Å². The second-order valence-electron chi connectivity index (χ2n) is 5.42. The molecule has 4 heteroatoms. The maximum absolute atomic E-state index is 12.4. The Kier molecular flexibility index (Phi) is 3.34. The van der Waals surface area contributed by atoms with Crippen molar-refractivity contribution in [1.29, 1.82) is 0 Å². The van der Waals surface area contributed by atoms with E-state index in [4.69, 9.17) is 9.47 Å². The van der Waals surface area contributed by atoms with Gasteiger partial charge in [-0.05, 0) is 38.5 Å². The van der Waals surface area contributed by atoms with Gasteiger partial charge in [-0.2, -0.15) is 0 Å². The molecule has 1 aliphatic carbocycles. The van der Waals surface area contributed by atoms with Crippen molar-refractivity contribution in [2.75, 3.05) is 19.9 Å². The number of nitrogens with zero attached hydrogens (tertiary/aromatic N) is 1. The average Bonchev–Trinajstić information content (AvgIpc) is 2.86. The maximum Gasteiger partial charge on any atom is 0.225 e.